The van der Waals surface area contributed by atoms with E-state index in [9.17, 15) is 8.42 Å². The van der Waals surface area contributed by atoms with Crippen LogP contribution >= 0.6 is 12.2 Å². The number of nitrogens with zero attached hydrogens (tertiary/aromatic N) is 1. The first-order valence-corrected chi connectivity index (χ1v) is 7.82. The summed E-state index contributed by atoms with van der Waals surface area (Å²) in [6.07, 6.45) is 0.344. The Kier molecular flexibility index (Phi) is 6.20. The van der Waals surface area contributed by atoms with Crippen LogP contribution in [-0.4, -0.2) is 39.4 Å². The number of thiocarbonyl (C=S) groups is 1. The number of rotatable bonds is 8. The van der Waals surface area contributed by atoms with Crippen molar-refractivity contribution in [2.24, 2.45) is 5.73 Å². The fraction of sp³-hybridized carbons (Fsp3) is 0.417. The molecule has 106 valence electrons. The fourth-order valence-electron chi connectivity index (χ4n) is 1.53. The average molecular weight is 302 g/mol. The summed E-state index contributed by atoms with van der Waals surface area (Å²) >= 11 is 4.81. The Bertz CT molecular complexity index is 503. The van der Waals surface area contributed by atoms with Crippen LogP contribution in [0.2, 0.25) is 0 Å². The van der Waals surface area contributed by atoms with Gasteiger partial charge >= 0.3 is 0 Å². The lowest BCUT2D eigenvalue weighted by atomic mass is 10.3. The quantitative estimate of drug-likeness (QED) is 0.729. The van der Waals surface area contributed by atoms with Crippen molar-refractivity contribution in [1.29, 1.82) is 0 Å². The van der Waals surface area contributed by atoms with Gasteiger partial charge in [-0.2, -0.15) is 0 Å². The molecular formula is C12H18N2O3S2. The molecule has 7 heteroatoms. The minimum Gasteiger partial charge on any atom is -0.393 e. The summed E-state index contributed by atoms with van der Waals surface area (Å²) < 4.78 is 30.7. The monoisotopic (exact) mass is 302 g/mol. The van der Waals surface area contributed by atoms with Crippen LogP contribution in [0.1, 0.15) is 6.42 Å². The average Bonchev–Trinajstić information content (AvgIpc) is 2.37. The summed E-state index contributed by atoms with van der Waals surface area (Å²) in [6.45, 7) is 0.393. The number of benzene rings is 1. The Morgan fingerprint density at radius 3 is 2.53 bits per heavy atom. The first kappa shape index (κ1) is 15.9. The number of para-hydroxylation sites is 1. The van der Waals surface area contributed by atoms with E-state index in [1.165, 1.54) is 11.4 Å². The van der Waals surface area contributed by atoms with E-state index in [4.69, 9.17) is 22.7 Å². The third-order valence-electron chi connectivity index (χ3n) is 2.49. The van der Waals surface area contributed by atoms with Crippen LogP contribution in [0.5, 0.6) is 0 Å². The van der Waals surface area contributed by atoms with E-state index in [0.717, 1.165) is 0 Å². The summed E-state index contributed by atoms with van der Waals surface area (Å²) in [4.78, 5) is 0.294. The summed E-state index contributed by atoms with van der Waals surface area (Å²) in [5.74, 6) is -0.0737. The summed E-state index contributed by atoms with van der Waals surface area (Å²) in [6, 6.07) is 8.88. The van der Waals surface area contributed by atoms with Crippen molar-refractivity contribution in [2.75, 3.05) is 30.3 Å². The van der Waals surface area contributed by atoms with Crippen molar-refractivity contribution in [3.63, 3.8) is 0 Å². The molecule has 19 heavy (non-hydrogen) atoms. The molecule has 0 fully saturated rings. The molecule has 0 bridgehead atoms. The topological polar surface area (TPSA) is 72.6 Å². The number of nitrogens with two attached hydrogens (primary N) is 1. The maximum Gasteiger partial charge on any atom is 0.237 e. The van der Waals surface area contributed by atoms with Crippen molar-refractivity contribution < 1.29 is 13.2 Å². The lowest BCUT2D eigenvalue weighted by Gasteiger charge is -2.24. The Hall–Kier alpha value is -1.18. The van der Waals surface area contributed by atoms with Gasteiger partial charge in [0.1, 0.15) is 0 Å². The number of sulfonamides is 1. The van der Waals surface area contributed by atoms with Crippen LogP contribution in [0.15, 0.2) is 30.3 Å². The Labute approximate surface area is 119 Å². The van der Waals surface area contributed by atoms with Crippen LogP contribution in [0.4, 0.5) is 5.69 Å². The van der Waals surface area contributed by atoms with Crippen LogP contribution in [0.3, 0.4) is 0 Å². The number of methoxy groups -OCH3 is 1. The highest BCUT2D eigenvalue weighted by Crippen LogP contribution is 2.18. The standard InChI is InChI=1S/C12H18N2O3S2/c1-17-9-10-19(15,16)14(8-7-12(13)18)11-5-3-2-4-6-11/h2-6H,7-10H2,1H3,(H2,13,18). The maximum atomic E-state index is 12.3. The smallest absolute Gasteiger partial charge is 0.237 e. The zero-order valence-electron chi connectivity index (χ0n) is 10.8. The number of hydrogen-bond donors (Lipinski definition) is 1. The molecule has 0 aliphatic rings. The lowest BCUT2D eigenvalue weighted by molar-refractivity contribution is 0.217. The molecule has 1 aromatic rings. The molecule has 0 saturated carbocycles. The molecule has 1 rings (SSSR count). The molecule has 2 N–H and O–H groups in total. The van der Waals surface area contributed by atoms with Crippen molar-refractivity contribution in [1.82, 2.24) is 0 Å². The minimum atomic E-state index is -3.44. The maximum absolute atomic E-state index is 12.3. The third-order valence-corrected chi connectivity index (χ3v) is 4.44. The number of ether oxygens (including phenoxy) is 1. The van der Waals surface area contributed by atoms with E-state index >= 15 is 0 Å². The van der Waals surface area contributed by atoms with Gasteiger partial charge in [0.2, 0.25) is 10.0 Å². The van der Waals surface area contributed by atoms with E-state index in [1.54, 1.807) is 24.3 Å². The van der Waals surface area contributed by atoms with Gasteiger partial charge in [-0.3, -0.25) is 4.31 Å². The second-order valence-corrected chi connectivity index (χ2v) is 6.47. The SMILES string of the molecule is COCCS(=O)(=O)N(CCC(N)=S)c1ccccc1. The largest absolute Gasteiger partial charge is 0.393 e. The molecule has 0 radical (unpaired) electrons. The second-order valence-electron chi connectivity index (χ2n) is 3.93. The van der Waals surface area contributed by atoms with Gasteiger partial charge in [-0.05, 0) is 12.1 Å². The summed E-state index contributed by atoms with van der Waals surface area (Å²) in [5.41, 5.74) is 6.05. The van der Waals surface area contributed by atoms with Crippen molar-refractivity contribution >= 4 is 32.9 Å². The predicted octanol–water partition coefficient (Wildman–Crippen LogP) is 1.15. The van der Waals surface area contributed by atoms with Crippen molar-refractivity contribution in [3.8, 4) is 0 Å². The van der Waals surface area contributed by atoms with E-state index in [2.05, 4.69) is 0 Å². The number of anilines is 1. The zero-order chi connectivity index (χ0) is 14.3. The third kappa shape index (κ3) is 5.14. The Morgan fingerprint density at radius 1 is 1.37 bits per heavy atom. The number of hydrogen-bond acceptors (Lipinski definition) is 4. The van der Waals surface area contributed by atoms with Crippen LogP contribution in [0, 0.1) is 0 Å². The van der Waals surface area contributed by atoms with Gasteiger partial charge in [-0.15, -0.1) is 0 Å². The second kappa shape index (κ2) is 7.42. The van der Waals surface area contributed by atoms with Gasteiger partial charge in [0.05, 0.1) is 23.0 Å². The summed E-state index contributed by atoms with van der Waals surface area (Å²) in [5, 5.41) is 0. The van der Waals surface area contributed by atoms with Crippen LogP contribution in [-0.2, 0) is 14.8 Å². The highest BCUT2D eigenvalue weighted by molar-refractivity contribution is 7.92. The molecule has 0 aliphatic heterocycles. The molecule has 0 saturated heterocycles. The van der Waals surface area contributed by atoms with E-state index in [0.29, 0.717) is 17.1 Å². The van der Waals surface area contributed by atoms with E-state index < -0.39 is 10.0 Å². The van der Waals surface area contributed by atoms with Gasteiger partial charge in [-0.25, -0.2) is 8.42 Å². The van der Waals surface area contributed by atoms with Gasteiger partial charge in [-0.1, -0.05) is 30.4 Å². The van der Waals surface area contributed by atoms with Gasteiger partial charge in [0.25, 0.3) is 0 Å². The van der Waals surface area contributed by atoms with Crippen molar-refractivity contribution in [2.45, 2.75) is 6.42 Å². The highest BCUT2D eigenvalue weighted by Gasteiger charge is 2.21. The molecule has 5 nitrogen and oxygen atoms in total. The molecule has 0 heterocycles. The molecule has 0 aliphatic carbocycles. The Balaban J connectivity index is 2.95. The van der Waals surface area contributed by atoms with Gasteiger partial charge in [0, 0.05) is 20.1 Å². The van der Waals surface area contributed by atoms with E-state index in [-0.39, 0.29) is 18.9 Å². The first-order valence-electron chi connectivity index (χ1n) is 5.80. The van der Waals surface area contributed by atoms with E-state index in [1.807, 2.05) is 6.07 Å². The van der Waals surface area contributed by atoms with Gasteiger partial charge < -0.3 is 10.5 Å². The molecule has 0 amide bonds. The zero-order valence-corrected chi connectivity index (χ0v) is 12.4. The molecule has 0 spiro atoms. The lowest BCUT2D eigenvalue weighted by Crippen LogP contribution is -2.36. The molecule has 0 atom stereocenters. The molecular weight excluding hydrogens is 284 g/mol. The van der Waals surface area contributed by atoms with Gasteiger partial charge in [0.15, 0.2) is 0 Å². The Morgan fingerprint density at radius 2 is 2.00 bits per heavy atom. The summed E-state index contributed by atoms with van der Waals surface area (Å²) in [7, 11) is -1.97. The minimum absolute atomic E-state index is 0.0737. The fourth-order valence-corrected chi connectivity index (χ4v) is 3.03. The molecule has 1 aromatic carbocycles. The normalized spacial score (nSPS) is 11.2. The molecule has 0 aromatic heterocycles. The van der Waals surface area contributed by atoms with Crippen LogP contribution < -0.4 is 10.0 Å². The van der Waals surface area contributed by atoms with Crippen molar-refractivity contribution in [3.05, 3.63) is 30.3 Å². The highest BCUT2D eigenvalue weighted by atomic mass is 32.2. The predicted molar refractivity (Wildman–Crippen MR) is 80.9 cm³/mol. The first-order chi connectivity index (χ1) is 8.97. The molecule has 0 unspecified atom stereocenters. The van der Waals surface area contributed by atoms with Crippen LogP contribution in [0.25, 0.3) is 0 Å².